The molecule has 0 amide bonds. The van der Waals surface area contributed by atoms with E-state index in [-0.39, 0.29) is 0 Å². The minimum atomic E-state index is 0.711. The number of aromatic nitrogens is 2. The van der Waals surface area contributed by atoms with Gasteiger partial charge in [0.1, 0.15) is 0 Å². The molecular formula is C12H22N4. The van der Waals surface area contributed by atoms with E-state index in [1.807, 2.05) is 17.9 Å². The first-order valence-electron chi connectivity index (χ1n) is 6.18. The fourth-order valence-corrected chi connectivity index (χ4v) is 2.43. The van der Waals surface area contributed by atoms with Crippen molar-refractivity contribution < 1.29 is 0 Å². The summed E-state index contributed by atoms with van der Waals surface area (Å²) in [5.41, 5.74) is 7.07. The van der Waals surface area contributed by atoms with Crippen molar-refractivity contribution in [1.82, 2.24) is 14.7 Å². The Morgan fingerprint density at radius 1 is 1.56 bits per heavy atom. The number of aryl methyl sites for hydroxylation is 1. The van der Waals surface area contributed by atoms with Gasteiger partial charge in [-0.3, -0.25) is 4.68 Å². The van der Waals surface area contributed by atoms with Gasteiger partial charge in [-0.25, -0.2) is 0 Å². The van der Waals surface area contributed by atoms with Crippen molar-refractivity contribution >= 4 is 0 Å². The van der Waals surface area contributed by atoms with Crippen molar-refractivity contribution in [2.45, 2.75) is 19.3 Å². The van der Waals surface area contributed by atoms with Crippen LogP contribution in [-0.2, 0) is 13.5 Å². The van der Waals surface area contributed by atoms with Gasteiger partial charge in [-0.15, -0.1) is 0 Å². The maximum absolute atomic E-state index is 5.74. The molecule has 0 aliphatic carbocycles. The topological polar surface area (TPSA) is 47.1 Å². The summed E-state index contributed by atoms with van der Waals surface area (Å²) in [5, 5.41) is 4.19. The molecule has 2 N–H and O–H groups in total. The third-order valence-electron chi connectivity index (χ3n) is 3.41. The van der Waals surface area contributed by atoms with Gasteiger partial charge in [0.05, 0.1) is 6.20 Å². The molecule has 2 heterocycles. The number of rotatable bonds is 4. The zero-order chi connectivity index (χ0) is 11.4. The fraction of sp³-hybridized carbons (Fsp3) is 0.750. The lowest BCUT2D eigenvalue weighted by molar-refractivity contribution is 0.180. The highest BCUT2D eigenvalue weighted by atomic mass is 15.2. The Bertz CT molecular complexity index is 321. The van der Waals surface area contributed by atoms with Crippen molar-refractivity contribution in [2.24, 2.45) is 18.7 Å². The number of likely N-dealkylation sites (tertiary alicyclic amines) is 1. The van der Waals surface area contributed by atoms with Crippen molar-refractivity contribution in [3.05, 3.63) is 18.0 Å². The first-order valence-corrected chi connectivity index (χ1v) is 6.18. The smallest absolute Gasteiger partial charge is 0.0522 e. The van der Waals surface area contributed by atoms with Crippen LogP contribution in [0.3, 0.4) is 0 Å². The van der Waals surface area contributed by atoms with Gasteiger partial charge in [-0.05, 0) is 43.8 Å². The SMILES string of the molecule is Cn1cc(CCN2CCCC(CN)C2)cn1. The molecule has 1 fully saturated rings. The van der Waals surface area contributed by atoms with Gasteiger partial charge in [0.15, 0.2) is 0 Å². The molecule has 90 valence electrons. The average Bonchev–Trinajstić information content (AvgIpc) is 2.73. The van der Waals surface area contributed by atoms with E-state index in [0.29, 0.717) is 5.92 Å². The van der Waals surface area contributed by atoms with Gasteiger partial charge < -0.3 is 10.6 Å². The van der Waals surface area contributed by atoms with Gasteiger partial charge in [-0.1, -0.05) is 0 Å². The molecular weight excluding hydrogens is 200 g/mol. The molecule has 16 heavy (non-hydrogen) atoms. The Kier molecular flexibility index (Phi) is 3.96. The molecule has 0 bridgehead atoms. The Hall–Kier alpha value is -0.870. The van der Waals surface area contributed by atoms with Gasteiger partial charge in [-0.2, -0.15) is 5.10 Å². The Morgan fingerprint density at radius 3 is 3.12 bits per heavy atom. The second-order valence-electron chi connectivity index (χ2n) is 4.82. The van der Waals surface area contributed by atoms with Crippen molar-refractivity contribution in [2.75, 3.05) is 26.2 Å². The number of hydrogen-bond acceptors (Lipinski definition) is 3. The molecule has 0 radical (unpaired) electrons. The maximum Gasteiger partial charge on any atom is 0.0522 e. The summed E-state index contributed by atoms with van der Waals surface area (Å²) < 4.78 is 1.87. The lowest BCUT2D eigenvalue weighted by Crippen LogP contribution is -2.39. The van der Waals surface area contributed by atoms with Crippen molar-refractivity contribution in [3.63, 3.8) is 0 Å². The normalized spacial score (nSPS) is 22.5. The van der Waals surface area contributed by atoms with Crippen LogP contribution in [0.25, 0.3) is 0 Å². The highest BCUT2D eigenvalue weighted by Crippen LogP contribution is 2.15. The van der Waals surface area contributed by atoms with Gasteiger partial charge in [0.25, 0.3) is 0 Å². The van der Waals surface area contributed by atoms with E-state index in [0.717, 1.165) is 19.5 Å². The molecule has 1 aromatic heterocycles. The minimum Gasteiger partial charge on any atom is -0.330 e. The summed E-state index contributed by atoms with van der Waals surface area (Å²) in [7, 11) is 1.97. The molecule has 0 spiro atoms. The molecule has 1 atom stereocenters. The van der Waals surface area contributed by atoms with E-state index in [9.17, 15) is 0 Å². The van der Waals surface area contributed by atoms with E-state index in [4.69, 9.17) is 5.73 Å². The maximum atomic E-state index is 5.74. The molecule has 1 aliphatic heterocycles. The highest BCUT2D eigenvalue weighted by Gasteiger charge is 2.18. The van der Waals surface area contributed by atoms with Crippen LogP contribution in [0.2, 0.25) is 0 Å². The Labute approximate surface area is 97.4 Å². The van der Waals surface area contributed by atoms with E-state index < -0.39 is 0 Å². The third kappa shape index (κ3) is 3.06. The number of piperidine rings is 1. The largest absolute Gasteiger partial charge is 0.330 e. The van der Waals surface area contributed by atoms with Crippen LogP contribution in [0, 0.1) is 5.92 Å². The molecule has 0 aromatic carbocycles. The summed E-state index contributed by atoms with van der Waals surface area (Å²) in [6, 6.07) is 0. The standard InChI is InChI=1S/C12H22N4/c1-15-9-12(8-14-15)4-6-16-5-2-3-11(7-13)10-16/h8-9,11H,2-7,10,13H2,1H3. The van der Waals surface area contributed by atoms with Crippen molar-refractivity contribution in [1.29, 1.82) is 0 Å². The lowest BCUT2D eigenvalue weighted by atomic mass is 9.98. The molecule has 1 unspecified atom stereocenters. The van der Waals surface area contributed by atoms with Crippen LogP contribution in [0.1, 0.15) is 18.4 Å². The Morgan fingerprint density at radius 2 is 2.44 bits per heavy atom. The van der Waals surface area contributed by atoms with Crippen molar-refractivity contribution in [3.8, 4) is 0 Å². The molecule has 1 aromatic rings. The van der Waals surface area contributed by atoms with E-state index in [2.05, 4.69) is 16.2 Å². The molecule has 4 nitrogen and oxygen atoms in total. The van der Waals surface area contributed by atoms with Crippen LogP contribution >= 0.6 is 0 Å². The fourth-order valence-electron chi connectivity index (χ4n) is 2.43. The highest BCUT2D eigenvalue weighted by molar-refractivity contribution is 5.04. The quantitative estimate of drug-likeness (QED) is 0.813. The van der Waals surface area contributed by atoms with E-state index in [1.54, 1.807) is 0 Å². The monoisotopic (exact) mass is 222 g/mol. The van der Waals surface area contributed by atoms with Gasteiger partial charge in [0, 0.05) is 26.3 Å². The summed E-state index contributed by atoms with van der Waals surface area (Å²) in [5.74, 6) is 0.711. The van der Waals surface area contributed by atoms with Crippen LogP contribution < -0.4 is 5.73 Å². The summed E-state index contributed by atoms with van der Waals surface area (Å²) in [4.78, 5) is 2.54. The number of nitrogens with two attached hydrogens (primary N) is 1. The summed E-state index contributed by atoms with van der Waals surface area (Å²) in [6.45, 7) is 4.39. The number of nitrogens with zero attached hydrogens (tertiary/aromatic N) is 3. The molecule has 1 aliphatic rings. The Balaban J connectivity index is 1.77. The molecule has 0 saturated carbocycles. The minimum absolute atomic E-state index is 0.711. The predicted octanol–water partition coefficient (Wildman–Crippen LogP) is 0.633. The van der Waals surface area contributed by atoms with Crippen LogP contribution in [-0.4, -0.2) is 40.9 Å². The molecule has 2 rings (SSSR count). The predicted molar refractivity (Wildman–Crippen MR) is 65.1 cm³/mol. The molecule has 4 heteroatoms. The summed E-state index contributed by atoms with van der Waals surface area (Å²) >= 11 is 0. The van der Waals surface area contributed by atoms with Gasteiger partial charge in [0.2, 0.25) is 0 Å². The first kappa shape index (κ1) is 11.6. The van der Waals surface area contributed by atoms with E-state index in [1.165, 1.54) is 31.5 Å². The zero-order valence-corrected chi connectivity index (χ0v) is 10.1. The lowest BCUT2D eigenvalue weighted by Gasteiger charge is -2.31. The second-order valence-corrected chi connectivity index (χ2v) is 4.82. The molecule has 1 saturated heterocycles. The first-order chi connectivity index (χ1) is 7.78. The van der Waals surface area contributed by atoms with Gasteiger partial charge >= 0.3 is 0 Å². The number of hydrogen-bond donors (Lipinski definition) is 1. The third-order valence-corrected chi connectivity index (χ3v) is 3.41. The van der Waals surface area contributed by atoms with Crippen LogP contribution in [0.4, 0.5) is 0 Å². The zero-order valence-electron chi connectivity index (χ0n) is 10.1. The summed E-state index contributed by atoms with van der Waals surface area (Å²) in [6.07, 6.45) is 7.77. The second kappa shape index (κ2) is 5.46. The average molecular weight is 222 g/mol. The van der Waals surface area contributed by atoms with E-state index >= 15 is 0 Å². The van der Waals surface area contributed by atoms with Crippen LogP contribution in [0.15, 0.2) is 12.4 Å². The van der Waals surface area contributed by atoms with Crippen LogP contribution in [0.5, 0.6) is 0 Å².